The van der Waals surface area contributed by atoms with E-state index in [1.807, 2.05) is 25.1 Å². The molecule has 0 radical (unpaired) electrons. The molecule has 0 amide bonds. The molecule has 1 aromatic rings. The Balaban J connectivity index is 2.52. The van der Waals surface area contributed by atoms with Gasteiger partial charge in [-0.3, -0.25) is 0 Å². The van der Waals surface area contributed by atoms with Crippen molar-refractivity contribution in [2.24, 2.45) is 5.92 Å². The summed E-state index contributed by atoms with van der Waals surface area (Å²) in [5, 5.41) is 3.32. The lowest BCUT2D eigenvalue weighted by molar-refractivity contribution is -0.0329. The van der Waals surface area contributed by atoms with E-state index >= 15 is 0 Å². The van der Waals surface area contributed by atoms with Gasteiger partial charge >= 0.3 is 5.51 Å². The molecule has 0 unspecified atom stereocenters. The fourth-order valence-corrected chi connectivity index (χ4v) is 2.19. The first-order valence-corrected chi connectivity index (χ1v) is 7.90. The highest BCUT2D eigenvalue weighted by Crippen LogP contribution is 2.30. The van der Waals surface area contributed by atoms with Gasteiger partial charge in [-0.05, 0) is 37.2 Å². The molecule has 0 fully saturated rings. The molecular weight excluding hydrogens is 299 g/mol. The molecular formula is C15H22F3NOS. The van der Waals surface area contributed by atoms with Crippen molar-refractivity contribution in [1.82, 2.24) is 5.32 Å². The van der Waals surface area contributed by atoms with Gasteiger partial charge in [-0.15, -0.1) is 0 Å². The van der Waals surface area contributed by atoms with Crippen LogP contribution in [0.15, 0.2) is 18.2 Å². The Morgan fingerprint density at radius 2 is 2.00 bits per heavy atom. The van der Waals surface area contributed by atoms with Gasteiger partial charge in [-0.2, -0.15) is 13.2 Å². The van der Waals surface area contributed by atoms with Gasteiger partial charge in [0.15, 0.2) is 0 Å². The highest BCUT2D eigenvalue weighted by atomic mass is 32.2. The Morgan fingerprint density at radius 1 is 1.29 bits per heavy atom. The van der Waals surface area contributed by atoms with Crippen LogP contribution >= 0.6 is 11.8 Å². The van der Waals surface area contributed by atoms with E-state index in [0.29, 0.717) is 18.2 Å². The molecule has 1 N–H and O–H groups in total. The fraction of sp³-hybridized carbons (Fsp3) is 0.600. The topological polar surface area (TPSA) is 21.3 Å². The van der Waals surface area contributed by atoms with Crippen LogP contribution in [0.5, 0.6) is 5.75 Å². The van der Waals surface area contributed by atoms with Crippen LogP contribution in [0.3, 0.4) is 0 Å². The lowest BCUT2D eigenvalue weighted by Crippen LogP contribution is -2.19. The monoisotopic (exact) mass is 321 g/mol. The van der Waals surface area contributed by atoms with Crippen molar-refractivity contribution in [3.8, 4) is 5.75 Å². The van der Waals surface area contributed by atoms with E-state index in [4.69, 9.17) is 4.74 Å². The van der Waals surface area contributed by atoms with Crippen molar-refractivity contribution >= 4 is 11.8 Å². The Hall–Kier alpha value is -0.880. The molecule has 0 aliphatic carbocycles. The molecule has 0 aromatic heterocycles. The smallest absolute Gasteiger partial charge is 0.441 e. The molecule has 0 saturated heterocycles. The molecule has 0 bridgehead atoms. The number of hydrogen-bond acceptors (Lipinski definition) is 3. The van der Waals surface area contributed by atoms with Crippen molar-refractivity contribution in [3.05, 3.63) is 29.3 Å². The van der Waals surface area contributed by atoms with Gasteiger partial charge in [0.25, 0.3) is 0 Å². The molecule has 0 atom stereocenters. The summed E-state index contributed by atoms with van der Waals surface area (Å²) in [6.45, 7) is 7.81. The zero-order valence-corrected chi connectivity index (χ0v) is 13.4. The maximum absolute atomic E-state index is 12.1. The number of halogens is 3. The first kappa shape index (κ1) is 18.2. The molecule has 120 valence electrons. The van der Waals surface area contributed by atoms with Gasteiger partial charge in [0.1, 0.15) is 5.75 Å². The van der Waals surface area contributed by atoms with Crippen molar-refractivity contribution in [2.45, 2.75) is 32.8 Å². The van der Waals surface area contributed by atoms with Crippen molar-refractivity contribution in [2.75, 3.05) is 18.9 Å². The lowest BCUT2D eigenvalue weighted by atomic mass is 10.1. The number of thioether (sulfide) groups is 1. The van der Waals surface area contributed by atoms with Crippen LogP contribution in [-0.2, 0) is 6.54 Å². The number of aryl methyl sites for hydroxylation is 1. The molecule has 1 rings (SSSR count). The fourth-order valence-electron chi connectivity index (χ4n) is 1.79. The van der Waals surface area contributed by atoms with E-state index in [2.05, 4.69) is 19.2 Å². The average molecular weight is 321 g/mol. The number of alkyl halides is 3. The highest BCUT2D eigenvalue weighted by Gasteiger charge is 2.27. The number of rotatable bonds is 8. The van der Waals surface area contributed by atoms with E-state index in [1.165, 1.54) is 0 Å². The number of nitrogens with one attached hydrogen (secondary N) is 1. The van der Waals surface area contributed by atoms with Crippen LogP contribution in [0.4, 0.5) is 13.2 Å². The molecule has 0 spiro atoms. The second-order valence-electron chi connectivity index (χ2n) is 5.28. The Morgan fingerprint density at radius 3 is 2.62 bits per heavy atom. The van der Waals surface area contributed by atoms with Gasteiger partial charge in [0.2, 0.25) is 0 Å². The van der Waals surface area contributed by atoms with Gasteiger partial charge in [0.05, 0.1) is 6.61 Å². The summed E-state index contributed by atoms with van der Waals surface area (Å²) in [4.78, 5) is 0. The summed E-state index contributed by atoms with van der Waals surface area (Å²) < 4.78 is 41.6. The number of hydrogen-bond donors (Lipinski definition) is 1. The summed E-state index contributed by atoms with van der Waals surface area (Å²) >= 11 is -0.0570. The molecule has 2 nitrogen and oxygen atoms in total. The predicted molar refractivity (Wildman–Crippen MR) is 81.7 cm³/mol. The molecule has 1 aromatic carbocycles. The molecule has 0 heterocycles. The molecule has 21 heavy (non-hydrogen) atoms. The van der Waals surface area contributed by atoms with Crippen LogP contribution in [0, 0.1) is 12.8 Å². The second kappa shape index (κ2) is 8.54. The summed E-state index contributed by atoms with van der Waals surface area (Å²) in [5.74, 6) is 1.10. The summed E-state index contributed by atoms with van der Waals surface area (Å²) in [6.07, 6.45) is 0. The van der Waals surface area contributed by atoms with E-state index < -0.39 is 5.51 Å². The van der Waals surface area contributed by atoms with E-state index in [9.17, 15) is 13.2 Å². The van der Waals surface area contributed by atoms with E-state index in [0.717, 1.165) is 17.7 Å². The van der Waals surface area contributed by atoms with Gasteiger partial charge in [-0.1, -0.05) is 31.5 Å². The average Bonchev–Trinajstić information content (AvgIpc) is 2.35. The summed E-state index contributed by atoms with van der Waals surface area (Å²) in [5.41, 5.74) is -2.11. The van der Waals surface area contributed by atoms with E-state index in [-0.39, 0.29) is 24.1 Å². The normalized spacial score (nSPS) is 12.0. The SMILES string of the molecule is Cc1ccc(OCCSC(F)(F)F)c(CNCC(C)C)c1. The van der Waals surface area contributed by atoms with Gasteiger partial charge < -0.3 is 10.1 Å². The molecule has 0 aliphatic rings. The maximum atomic E-state index is 12.1. The Bertz CT molecular complexity index is 435. The predicted octanol–water partition coefficient (Wildman–Crippen LogP) is 4.37. The summed E-state index contributed by atoms with van der Waals surface area (Å²) in [7, 11) is 0. The minimum Gasteiger partial charge on any atom is -0.492 e. The maximum Gasteiger partial charge on any atom is 0.441 e. The molecule has 0 aliphatic heterocycles. The van der Waals surface area contributed by atoms with Crippen LogP contribution in [0.2, 0.25) is 0 Å². The highest BCUT2D eigenvalue weighted by molar-refractivity contribution is 8.00. The van der Waals surface area contributed by atoms with Crippen molar-refractivity contribution in [1.29, 1.82) is 0 Å². The zero-order chi connectivity index (χ0) is 15.9. The number of benzene rings is 1. The van der Waals surface area contributed by atoms with Crippen LogP contribution in [0.25, 0.3) is 0 Å². The molecule has 6 heteroatoms. The third kappa shape index (κ3) is 8.21. The molecule has 0 saturated carbocycles. The van der Waals surface area contributed by atoms with Crippen LogP contribution < -0.4 is 10.1 Å². The quantitative estimate of drug-likeness (QED) is 0.718. The zero-order valence-electron chi connectivity index (χ0n) is 12.6. The second-order valence-corrected chi connectivity index (χ2v) is 6.44. The Kier molecular flexibility index (Phi) is 7.39. The first-order chi connectivity index (χ1) is 9.78. The largest absolute Gasteiger partial charge is 0.492 e. The minimum absolute atomic E-state index is 0.0460. The van der Waals surface area contributed by atoms with Crippen LogP contribution in [0.1, 0.15) is 25.0 Å². The first-order valence-electron chi connectivity index (χ1n) is 6.91. The van der Waals surface area contributed by atoms with Gasteiger partial charge in [-0.25, -0.2) is 0 Å². The minimum atomic E-state index is -4.20. The van der Waals surface area contributed by atoms with Crippen LogP contribution in [-0.4, -0.2) is 24.4 Å². The third-order valence-corrected chi connectivity index (χ3v) is 3.39. The third-order valence-electron chi connectivity index (χ3n) is 2.69. The Labute approximate surface area is 128 Å². The standard InChI is InChI=1S/C15H22F3NOS/c1-11(2)9-19-10-13-8-12(3)4-5-14(13)20-6-7-21-15(16,17)18/h4-5,8,11,19H,6-7,9-10H2,1-3H3. The van der Waals surface area contributed by atoms with Gasteiger partial charge in [0, 0.05) is 17.9 Å². The lowest BCUT2D eigenvalue weighted by Gasteiger charge is -2.14. The number of ether oxygens (including phenoxy) is 1. The van der Waals surface area contributed by atoms with Crippen molar-refractivity contribution < 1.29 is 17.9 Å². The summed E-state index contributed by atoms with van der Waals surface area (Å²) in [6, 6.07) is 5.72. The van der Waals surface area contributed by atoms with Crippen molar-refractivity contribution in [3.63, 3.8) is 0 Å². The van der Waals surface area contributed by atoms with E-state index in [1.54, 1.807) is 0 Å².